The van der Waals surface area contributed by atoms with E-state index in [-0.39, 0.29) is 23.3 Å². The molecule has 2 rings (SSSR count). The fourth-order valence-corrected chi connectivity index (χ4v) is 3.16. The van der Waals surface area contributed by atoms with Crippen molar-refractivity contribution in [3.05, 3.63) is 0 Å². The Hall–Kier alpha value is -0.220. The lowest BCUT2D eigenvalue weighted by molar-refractivity contribution is -0.122. The summed E-state index contributed by atoms with van der Waals surface area (Å²) >= 11 is 1.77. The van der Waals surface area contributed by atoms with Crippen molar-refractivity contribution in [1.82, 2.24) is 5.32 Å². The number of nitrogens with one attached hydrogen (secondary N) is 1. The molecule has 1 saturated heterocycles. The third kappa shape index (κ3) is 2.42. The molecule has 0 radical (unpaired) electrons. The van der Waals surface area contributed by atoms with Crippen LogP contribution in [0, 0.1) is 0 Å². The maximum absolute atomic E-state index is 11.7. The topological polar surface area (TPSA) is 49.3 Å². The van der Waals surface area contributed by atoms with Gasteiger partial charge >= 0.3 is 0 Å². The van der Waals surface area contributed by atoms with Crippen molar-refractivity contribution in [2.24, 2.45) is 0 Å². The number of carbonyl (C=O) groups is 1. The first-order valence-electron chi connectivity index (χ1n) is 5.36. The second-order valence-corrected chi connectivity index (χ2v) is 5.50. The number of thioether (sulfide) groups is 1. The van der Waals surface area contributed by atoms with Crippen molar-refractivity contribution >= 4 is 17.7 Å². The van der Waals surface area contributed by atoms with Crippen LogP contribution in [0.15, 0.2) is 0 Å². The Morgan fingerprint density at radius 1 is 1.36 bits per heavy atom. The lowest BCUT2D eigenvalue weighted by atomic mass is 9.89. The van der Waals surface area contributed by atoms with E-state index in [2.05, 4.69) is 5.32 Å². The van der Waals surface area contributed by atoms with Gasteiger partial charge in [0.25, 0.3) is 0 Å². The zero-order chi connectivity index (χ0) is 9.97. The van der Waals surface area contributed by atoms with Gasteiger partial charge in [-0.3, -0.25) is 4.79 Å². The SMILES string of the molecule is O=C(NC1CC(O)C1)C1CCCCS1. The monoisotopic (exact) mass is 215 g/mol. The first-order chi connectivity index (χ1) is 6.75. The molecule has 1 aliphatic carbocycles. The molecular formula is C10H17NO2S. The Morgan fingerprint density at radius 2 is 2.14 bits per heavy atom. The summed E-state index contributed by atoms with van der Waals surface area (Å²) in [4.78, 5) is 11.7. The summed E-state index contributed by atoms with van der Waals surface area (Å²) in [6.07, 6.45) is 4.74. The van der Waals surface area contributed by atoms with E-state index in [0.717, 1.165) is 25.0 Å². The van der Waals surface area contributed by atoms with E-state index in [0.29, 0.717) is 0 Å². The molecule has 1 saturated carbocycles. The molecule has 2 fully saturated rings. The molecule has 1 unspecified atom stereocenters. The van der Waals surface area contributed by atoms with Crippen LogP contribution in [0.25, 0.3) is 0 Å². The molecule has 2 N–H and O–H groups in total. The van der Waals surface area contributed by atoms with E-state index in [1.54, 1.807) is 11.8 Å². The smallest absolute Gasteiger partial charge is 0.233 e. The average Bonchev–Trinajstić information content (AvgIpc) is 2.17. The number of amides is 1. The summed E-state index contributed by atoms with van der Waals surface area (Å²) < 4.78 is 0. The highest BCUT2D eigenvalue weighted by Gasteiger charge is 2.31. The van der Waals surface area contributed by atoms with Crippen molar-refractivity contribution in [1.29, 1.82) is 0 Å². The summed E-state index contributed by atoms with van der Waals surface area (Å²) in [5.74, 6) is 1.30. The highest BCUT2D eigenvalue weighted by atomic mass is 32.2. The van der Waals surface area contributed by atoms with Crippen molar-refractivity contribution in [3.63, 3.8) is 0 Å². The number of aliphatic hydroxyl groups excluding tert-OH is 1. The van der Waals surface area contributed by atoms with E-state index in [1.165, 1.54) is 12.8 Å². The fraction of sp³-hybridized carbons (Fsp3) is 0.900. The Bertz CT molecular complexity index is 210. The third-order valence-electron chi connectivity index (χ3n) is 2.93. The molecular weight excluding hydrogens is 198 g/mol. The molecule has 0 aromatic rings. The summed E-state index contributed by atoms with van der Waals surface area (Å²) in [5.41, 5.74) is 0. The van der Waals surface area contributed by atoms with Crippen molar-refractivity contribution < 1.29 is 9.90 Å². The predicted molar refractivity (Wildman–Crippen MR) is 57.3 cm³/mol. The van der Waals surface area contributed by atoms with Crippen LogP contribution in [0.3, 0.4) is 0 Å². The molecule has 4 heteroatoms. The number of rotatable bonds is 2. The molecule has 80 valence electrons. The zero-order valence-electron chi connectivity index (χ0n) is 8.24. The Labute approximate surface area is 88.6 Å². The van der Waals surface area contributed by atoms with Gasteiger partial charge in [-0.2, -0.15) is 0 Å². The second-order valence-electron chi connectivity index (χ2n) is 4.19. The van der Waals surface area contributed by atoms with E-state index < -0.39 is 0 Å². The Balaban J connectivity index is 1.71. The van der Waals surface area contributed by atoms with Crippen LogP contribution in [0.5, 0.6) is 0 Å². The van der Waals surface area contributed by atoms with Crippen LogP contribution >= 0.6 is 11.8 Å². The van der Waals surface area contributed by atoms with Gasteiger partial charge in [0.2, 0.25) is 5.91 Å². The highest BCUT2D eigenvalue weighted by molar-refractivity contribution is 8.00. The molecule has 1 amide bonds. The normalized spacial score (nSPS) is 37.4. The van der Waals surface area contributed by atoms with Crippen LogP contribution < -0.4 is 5.32 Å². The van der Waals surface area contributed by atoms with Crippen molar-refractivity contribution in [3.8, 4) is 0 Å². The molecule has 0 spiro atoms. The molecule has 3 nitrogen and oxygen atoms in total. The van der Waals surface area contributed by atoms with Gasteiger partial charge in [-0.25, -0.2) is 0 Å². The molecule has 1 aliphatic heterocycles. The van der Waals surface area contributed by atoms with Gasteiger partial charge in [-0.1, -0.05) is 6.42 Å². The molecule has 14 heavy (non-hydrogen) atoms. The van der Waals surface area contributed by atoms with Gasteiger partial charge < -0.3 is 10.4 Å². The van der Waals surface area contributed by atoms with Gasteiger partial charge in [-0.15, -0.1) is 11.8 Å². The Kier molecular flexibility index (Phi) is 3.34. The van der Waals surface area contributed by atoms with Gasteiger partial charge in [0.1, 0.15) is 0 Å². The minimum absolute atomic E-state index is 0.168. The van der Waals surface area contributed by atoms with E-state index >= 15 is 0 Å². The number of hydrogen-bond acceptors (Lipinski definition) is 3. The Morgan fingerprint density at radius 3 is 2.71 bits per heavy atom. The highest BCUT2D eigenvalue weighted by Crippen LogP contribution is 2.26. The standard InChI is InChI=1S/C10H17NO2S/c12-8-5-7(6-8)11-10(13)9-3-1-2-4-14-9/h7-9,12H,1-6H2,(H,11,13). The third-order valence-corrected chi connectivity index (χ3v) is 4.31. The minimum atomic E-state index is -0.181. The number of carbonyl (C=O) groups excluding carboxylic acids is 1. The predicted octanol–water partition coefficient (Wildman–Crippen LogP) is 0.912. The molecule has 0 bridgehead atoms. The molecule has 0 aromatic carbocycles. The van der Waals surface area contributed by atoms with Gasteiger partial charge in [-0.05, 0) is 31.4 Å². The quantitative estimate of drug-likeness (QED) is 0.720. The number of aliphatic hydroxyl groups is 1. The lowest BCUT2D eigenvalue weighted by Crippen LogP contribution is -2.49. The van der Waals surface area contributed by atoms with E-state index in [9.17, 15) is 4.79 Å². The van der Waals surface area contributed by atoms with Gasteiger partial charge in [0.15, 0.2) is 0 Å². The molecule has 1 heterocycles. The van der Waals surface area contributed by atoms with Crippen molar-refractivity contribution in [2.45, 2.75) is 49.5 Å². The lowest BCUT2D eigenvalue weighted by Gasteiger charge is -2.33. The maximum atomic E-state index is 11.7. The largest absolute Gasteiger partial charge is 0.393 e. The van der Waals surface area contributed by atoms with E-state index in [1.807, 2.05) is 0 Å². The van der Waals surface area contributed by atoms with Crippen LogP contribution in [0.2, 0.25) is 0 Å². The molecule has 1 atom stereocenters. The zero-order valence-corrected chi connectivity index (χ0v) is 9.05. The molecule has 0 aromatic heterocycles. The summed E-state index contributed by atoms with van der Waals surface area (Å²) in [5, 5.41) is 12.2. The van der Waals surface area contributed by atoms with Crippen LogP contribution in [-0.2, 0) is 4.79 Å². The average molecular weight is 215 g/mol. The van der Waals surface area contributed by atoms with Crippen LogP contribution in [0.1, 0.15) is 32.1 Å². The first-order valence-corrected chi connectivity index (χ1v) is 6.40. The number of hydrogen-bond donors (Lipinski definition) is 2. The fourth-order valence-electron chi connectivity index (χ4n) is 1.95. The maximum Gasteiger partial charge on any atom is 0.233 e. The summed E-state index contributed by atoms with van der Waals surface area (Å²) in [6, 6.07) is 0.236. The van der Waals surface area contributed by atoms with Crippen molar-refractivity contribution in [2.75, 3.05) is 5.75 Å². The molecule has 2 aliphatic rings. The summed E-state index contributed by atoms with van der Waals surface area (Å²) in [7, 11) is 0. The van der Waals surface area contributed by atoms with E-state index in [4.69, 9.17) is 5.11 Å². The van der Waals surface area contributed by atoms with Crippen LogP contribution in [-0.4, -0.2) is 34.2 Å². The van der Waals surface area contributed by atoms with Crippen LogP contribution in [0.4, 0.5) is 0 Å². The summed E-state index contributed by atoms with van der Waals surface area (Å²) in [6.45, 7) is 0. The van der Waals surface area contributed by atoms with Gasteiger partial charge in [0.05, 0.1) is 11.4 Å². The minimum Gasteiger partial charge on any atom is -0.393 e. The second kappa shape index (κ2) is 4.53. The first kappa shape index (κ1) is 10.3. The van der Waals surface area contributed by atoms with Gasteiger partial charge in [0, 0.05) is 6.04 Å².